The van der Waals surface area contributed by atoms with Gasteiger partial charge in [-0.25, -0.2) is 42.7 Å². The van der Waals surface area contributed by atoms with Crippen LogP contribution in [0.25, 0.3) is 0 Å². The van der Waals surface area contributed by atoms with Crippen molar-refractivity contribution in [3.05, 3.63) is 86.1 Å². The summed E-state index contributed by atoms with van der Waals surface area (Å²) in [4.78, 5) is 167. The standard InChI is InChI=1S/3C12H19O7P.C10H20O5Si.C9H18O5Si.C6H11O6P.C5H9O6P/c3*1-10(2)12(14)18-9-8-17-11(13)6-4-3-5-7-19-20(15)16;1-9(2)10(11)15-7-6-8-16(12-3,13-4)14-5;1-5-9(10)14-7-6-8-15(11-2,12-3)13-4;1-5(2)6(7)11-3-4-12-13(8,9)10;1-2-5(6)10-3-4-11-12(7,8)9/h3*1,3-9H2,2H3;1,6-8H2,2-5H3;5H,1,6-8H2,2-4H3;1,3-4H2,2H3,(H2,8,9,10);2H,1,3-4H2,(H2,7,8,9)/p+3. The number of ether oxygens (including phenoxy) is 10. The first kappa shape index (κ1) is 123. The second kappa shape index (κ2) is 79.5. The van der Waals surface area contributed by atoms with E-state index in [-0.39, 0.29) is 135 Å². The SMILES string of the molecule is C=C(C)C(=O)OCCC[Si](OC)(OC)OC.C=C(C)C(=O)OCCOC(=O)CCCCCO[P+](=O)O.C=C(C)C(=O)OCCOC(=O)CCCCCO[P+](=O)O.C=C(C)C(=O)OCCOC(=O)CCCCCO[P+](=O)O.C=C(C)C(=O)OCCOP(=O)(O)O.C=CC(=O)OCCC[Si](OC)(OC)OC.C=CC(=O)OCCOP(=O)(O)O. The van der Waals surface area contributed by atoms with Crippen LogP contribution in [0.4, 0.5) is 0 Å². The summed E-state index contributed by atoms with van der Waals surface area (Å²) in [7, 11) is -12.3. The molecule has 0 aromatic rings. The van der Waals surface area contributed by atoms with Crippen molar-refractivity contribution in [1.82, 2.24) is 0 Å². The number of carbonyl (C=O) groups is 10. The van der Waals surface area contributed by atoms with Crippen LogP contribution in [0.3, 0.4) is 0 Å². The van der Waals surface area contributed by atoms with Crippen molar-refractivity contribution in [2.75, 3.05) is 142 Å². The van der Waals surface area contributed by atoms with Gasteiger partial charge in [0.15, 0.2) is 0 Å². The van der Waals surface area contributed by atoms with Gasteiger partial charge < -0.3 is 93.5 Å². The Balaban J connectivity index is -0.000000241. The summed E-state index contributed by atoms with van der Waals surface area (Å²) >= 11 is 0. The van der Waals surface area contributed by atoms with Crippen molar-refractivity contribution in [3.63, 3.8) is 0 Å². The van der Waals surface area contributed by atoms with E-state index in [0.29, 0.717) is 118 Å². The van der Waals surface area contributed by atoms with E-state index in [9.17, 15) is 70.8 Å². The molecule has 0 aliphatic heterocycles. The van der Waals surface area contributed by atoms with Gasteiger partial charge in [0.2, 0.25) is 0 Å². The Kier molecular flexibility index (Phi) is 84.0. The number of unbranched alkanes of at least 4 members (excludes halogenated alkanes) is 6. The number of esters is 10. The van der Waals surface area contributed by atoms with Crippen LogP contribution in [0.2, 0.25) is 12.1 Å². The van der Waals surface area contributed by atoms with Gasteiger partial charge >= 0.3 is 118 Å². The molecular weight excluding hydrogens is 1690 g/mol. The maximum absolute atomic E-state index is 11.3. The zero-order chi connectivity index (χ0) is 90.6. The molecule has 43 nitrogen and oxygen atoms in total. The third kappa shape index (κ3) is 91.3. The van der Waals surface area contributed by atoms with Gasteiger partial charge in [-0.15, -0.1) is 28.3 Å². The molecular formula is C66H118O43P5Si2+3. The fourth-order valence-corrected chi connectivity index (χ4v) is 11.4. The molecule has 116 heavy (non-hydrogen) atoms. The van der Waals surface area contributed by atoms with Crippen LogP contribution in [0.15, 0.2) is 86.1 Å². The lowest BCUT2D eigenvalue weighted by Gasteiger charge is -2.24. The molecule has 3 unspecified atom stereocenters. The van der Waals surface area contributed by atoms with E-state index in [2.05, 4.69) is 78.1 Å². The van der Waals surface area contributed by atoms with Crippen molar-refractivity contribution in [2.24, 2.45) is 0 Å². The minimum Gasteiger partial charge on any atom is -0.463 e. The van der Waals surface area contributed by atoms with Gasteiger partial charge in [0, 0.05) is 128 Å². The normalized spacial score (nSPS) is 10.9. The fourth-order valence-electron chi connectivity index (χ4n) is 6.51. The Labute approximate surface area is 680 Å². The number of phosphoric ester groups is 2. The van der Waals surface area contributed by atoms with Crippen LogP contribution < -0.4 is 0 Å². The van der Waals surface area contributed by atoms with E-state index < -0.39 is 93.8 Å². The Morgan fingerprint density at radius 3 is 0.733 bits per heavy atom. The Morgan fingerprint density at radius 2 is 0.517 bits per heavy atom. The third-order valence-corrected chi connectivity index (χ3v) is 20.2. The van der Waals surface area contributed by atoms with Gasteiger partial charge in [0.25, 0.3) is 0 Å². The number of phosphoric acid groups is 2. The maximum atomic E-state index is 11.3. The molecule has 50 heteroatoms. The third-order valence-electron chi connectivity index (χ3n) is 12.3. The number of hydrogen-bond acceptors (Lipinski definition) is 36. The highest BCUT2D eigenvalue weighted by Crippen LogP contribution is 2.36. The maximum Gasteiger partial charge on any atom is 0.694 e. The first-order chi connectivity index (χ1) is 54.2. The zero-order valence-electron chi connectivity index (χ0n) is 67.6. The van der Waals surface area contributed by atoms with Gasteiger partial charge in [0.05, 0.1) is 26.4 Å². The van der Waals surface area contributed by atoms with Crippen molar-refractivity contribution >= 4 is 118 Å². The zero-order valence-corrected chi connectivity index (χ0v) is 74.1. The van der Waals surface area contributed by atoms with E-state index in [1.54, 1.807) is 49.6 Å². The summed E-state index contributed by atoms with van der Waals surface area (Å²) in [5.41, 5.74) is 1.50. The van der Waals surface area contributed by atoms with E-state index in [4.69, 9.17) is 98.7 Å². The molecule has 0 saturated heterocycles. The van der Waals surface area contributed by atoms with Crippen molar-refractivity contribution < 1.29 is 202 Å². The molecule has 0 amide bonds. The number of carbonyl (C=O) groups excluding carboxylic acids is 10. The van der Waals surface area contributed by atoms with E-state index >= 15 is 0 Å². The van der Waals surface area contributed by atoms with Crippen LogP contribution in [0, 0.1) is 0 Å². The van der Waals surface area contributed by atoms with Crippen LogP contribution in [-0.4, -0.2) is 253 Å². The molecule has 0 saturated carbocycles. The number of rotatable bonds is 59. The van der Waals surface area contributed by atoms with Crippen LogP contribution in [-0.2, 0) is 167 Å². The summed E-state index contributed by atoms with van der Waals surface area (Å²) in [6, 6.07) is 1.22. The molecule has 3 atom stereocenters. The van der Waals surface area contributed by atoms with Crippen molar-refractivity contribution in [2.45, 2.75) is 137 Å². The van der Waals surface area contributed by atoms with Crippen LogP contribution in [0.5, 0.6) is 0 Å². The van der Waals surface area contributed by atoms with E-state index in [0.717, 1.165) is 12.2 Å². The molecule has 0 aliphatic rings. The summed E-state index contributed by atoms with van der Waals surface area (Å²) in [6.07, 6.45) is 9.82. The lowest BCUT2D eigenvalue weighted by molar-refractivity contribution is -0.150. The molecule has 0 radical (unpaired) electrons. The highest BCUT2D eigenvalue weighted by molar-refractivity contribution is 7.46. The minimum atomic E-state index is -4.46. The van der Waals surface area contributed by atoms with Gasteiger partial charge in [-0.1, -0.05) is 65.3 Å². The number of hydrogen-bond donors (Lipinski definition) is 7. The average molecular weight is 1810 g/mol. The monoisotopic (exact) mass is 1810 g/mol. The lowest BCUT2D eigenvalue weighted by Crippen LogP contribution is -2.42. The molecule has 0 aromatic carbocycles. The largest absolute Gasteiger partial charge is 0.694 e. The minimum absolute atomic E-state index is 0.00875. The predicted octanol–water partition coefficient (Wildman–Crippen LogP) is 8.02. The summed E-state index contributed by atoms with van der Waals surface area (Å²) in [5.74, 6) is -4.72. The van der Waals surface area contributed by atoms with E-state index in [1.807, 2.05) is 0 Å². The molecule has 0 rings (SSSR count). The summed E-state index contributed by atoms with van der Waals surface area (Å²) < 4.78 is 151. The van der Waals surface area contributed by atoms with Gasteiger partial charge in [-0.05, 0) is 86.0 Å². The quantitative estimate of drug-likeness (QED) is 0.00756. The molecule has 0 aromatic heterocycles. The van der Waals surface area contributed by atoms with Crippen LogP contribution >= 0.6 is 40.4 Å². The second-order valence-corrected chi connectivity index (χ2v) is 32.9. The first-order valence-corrected chi connectivity index (χ1v) is 44.8. The highest BCUT2D eigenvalue weighted by atomic mass is 31.2. The molecule has 670 valence electrons. The molecule has 0 spiro atoms. The molecule has 0 heterocycles. The van der Waals surface area contributed by atoms with Crippen LogP contribution in [0.1, 0.15) is 125 Å². The van der Waals surface area contributed by atoms with Gasteiger partial charge in [0.1, 0.15) is 72.7 Å². The molecule has 7 N–H and O–H groups in total. The Hall–Kier alpha value is -6.65. The topological polar surface area (TPSA) is 591 Å². The Bertz CT molecular complexity index is 2880. The molecule has 0 bridgehead atoms. The predicted molar refractivity (Wildman–Crippen MR) is 415 cm³/mol. The molecule has 0 aliphatic carbocycles. The van der Waals surface area contributed by atoms with Crippen molar-refractivity contribution in [1.29, 1.82) is 0 Å². The summed E-state index contributed by atoms with van der Waals surface area (Å²) in [6.45, 7) is 31.3. The smallest absolute Gasteiger partial charge is 0.463 e. The summed E-state index contributed by atoms with van der Waals surface area (Å²) in [5, 5.41) is 0. The highest BCUT2D eigenvalue weighted by Gasteiger charge is 2.38. The van der Waals surface area contributed by atoms with E-state index in [1.165, 1.54) is 27.7 Å². The lowest BCUT2D eigenvalue weighted by atomic mass is 10.2. The molecule has 0 fully saturated rings. The fraction of sp³-hybridized carbons (Fsp3) is 0.636. The van der Waals surface area contributed by atoms with Crippen molar-refractivity contribution in [3.8, 4) is 0 Å². The first-order valence-electron chi connectivity index (χ1n) is 34.5. The second-order valence-electron chi connectivity index (χ2n) is 22.1. The Morgan fingerprint density at radius 1 is 0.310 bits per heavy atom. The van der Waals surface area contributed by atoms with Gasteiger partial charge in [-0.3, -0.25) is 23.4 Å². The average Bonchev–Trinajstić information content (AvgIpc) is 0.901. The van der Waals surface area contributed by atoms with Gasteiger partial charge in [-0.2, -0.15) is 0 Å².